The first-order valence-electron chi connectivity index (χ1n) is 7.23. The molecule has 3 atom stereocenters. The number of hydrogen-bond donors (Lipinski definition) is 1. The van der Waals surface area contributed by atoms with Gasteiger partial charge >= 0.3 is 24.2 Å². The van der Waals surface area contributed by atoms with Gasteiger partial charge in [-0.3, -0.25) is 0 Å². The Morgan fingerprint density at radius 1 is 0.880 bits per heavy atom. The predicted molar refractivity (Wildman–Crippen MR) is 65.0 cm³/mol. The van der Waals surface area contributed by atoms with Gasteiger partial charge in [0.1, 0.15) is 0 Å². The summed E-state index contributed by atoms with van der Waals surface area (Å²) in [5.74, 6) is -15.6. The largest absolute Gasteiger partial charge is 0.456 e. The van der Waals surface area contributed by atoms with Crippen LogP contribution in [0, 0.1) is 17.3 Å². The number of allylic oxidation sites excluding steroid dienone is 1. The van der Waals surface area contributed by atoms with Crippen LogP contribution in [-0.4, -0.2) is 34.9 Å². The van der Waals surface area contributed by atoms with Crippen LogP contribution in [-0.2, 0) is 0 Å². The molecule has 0 saturated heterocycles. The molecule has 0 amide bonds. The van der Waals surface area contributed by atoms with Crippen LogP contribution in [0.25, 0.3) is 0 Å². The van der Waals surface area contributed by atoms with Crippen LogP contribution in [0.5, 0.6) is 0 Å². The zero-order valence-corrected chi connectivity index (χ0v) is 12.5. The van der Waals surface area contributed by atoms with Crippen molar-refractivity contribution in [3.8, 4) is 0 Å². The number of alkyl halides is 10. The lowest BCUT2D eigenvalue weighted by molar-refractivity contribution is -0.449. The van der Waals surface area contributed by atoms with Crippen LogP contribution < -0.4 is 0 Å². The number of hydrogen-bond acceptors (Lipinski definition) is 1. The molecule has 2 rings (SSSR count). The molecule has 1 N–H and O–H groups in total. The molecular formula is C14H14F10O. The molecule has 0 aromatic carbocycles. The van der Waals surface area contributed by atoms with Gasteiger partial charge in [0.25, 0.3) is 0 Å². The number of halogens is 10. The third kappa shape index (κ3) is 2.26. The van der Waals surface area contributed by atoms with E-state index in [0.717, 1.165) is 6.08 Å². The third-order valence-electron chi connectivity index (χ3n) is 5.57. The number of fused-ring (bicyclic) bond motifs is 2. The van der Waals surface area contributed by atoms with E-state index in [-0.39, 0.29) is 12.8 Å². The summed E-state index contributed by atoms with van der Waals surface area (Å²) in [6.45, 7) is 3.15. The molecule has 11 heteroatoms. The second-order valence-electron chi connectivity index (χ2n) is 6.70. The van der Waals surface area contributed by atoms with Gasteiger partial charge in [-0.1, -0.05) is 6.08 Å². The van der Waals surface area contributed by atoms with Gasteiger partial charge in [-0.25, -0.2) is 0 Å². The third-order valence-corrected chi connectivity index (χ3v) is 5.57. The van der Waals surface area contributed by atoms with Crippen molar-refractivity contribution in [2.45, 2.75) is 55.5 Å². The van der Waals surface area contributed by atoms with Crippen LogP contribution in [0.1, 0.15) is 25.7 Å². The zero-order chi connectivity index (χ0) is 19.7. The normalized spacial score (nSPS) is 31.5. The van der Waals surface area contributed by atoms with Crippen molar-refractivity contribution < 1.29 is 49.0 Å². The van der Waals surface area contributed by atoms with E-state index in [1.54, 1.807) is 0 Å². The predicted octanol–water partition coefficient (Wildman–Crippen LogP) is 5.11. The van der Waals surface area contributed by atoms with Crippen molar-refractivity contribution in [1.29, 1.82) is 0 Å². The summed E-state index contributed by atoms with van der Waals surface area (Å²) in [4.78, 5) is 0. The Hall–Kier alpha value is -1.00. The van der Waals surface area contributed by atoms with Gasteiger partial charge in [-0.05, 0) is 37.5 Å². The first kappa shape index (κ1) is 20.3. The van der Waals surface area contributed by atoms with Gasteiger partial charge in [0.15, 0.2) is 0 Å². The summed E-state index contributed by atoms with van der Waals surface area (Å²) in [7, 11) is 0. The van der Waals surface area contributed by atoms with Crippen molar-refractivity contribution in [2.75, 3.05) is 0 Å². The fraction of sp³-hybridized carbons (Fsp3) is 0.857. The molecule has 3 unspecified atom stereocenters. The second kappa shape index (κ2) is 5.26. The molecule has 146 valence electrons. The van der Waals surface area contributed by atoms with Crippen LogP contribution >= 0.6 is 0 Å². The molecule has 25 heavy (non-hydrogen) atoms. The molecule has 2 bridgehead atoms. The SMILES string of the molecule is C=CC1CC2CCC1(C(O)(C(F)(F)C(F)(F)F)C(F)(F)C(F)(F)F)C2. The summed E-state index contributed by atoms with van der Waals surface area (Å²) in [5, 5.41) is 10.0. The maximum absolute atomic E-state index is 14.0. The average Bonchev–Trinajstić information content (AvgIpc) is 3.02. The van der Waals surface area contributed by atoms with Gasteiger partial charge in [-0.15, -0.1) is 6.58 Å². The van der Waals surface area contributed by atoms with E-state index in [1.165, 1.54) is 0 Å². The minimum Gasteiger partial charge on any atom is -0.377 e. The van der Waals surface area contributed by atoms with Crippen molar-refractivity contribution >= 4 is 0 Å². The molecule has 0 aliphatic heterocycles. The highest BCUT2D eigenvalue weighted by molar-refractivity contribution is 5.25. The van der Waals surface area contributed by atoms with Gasteiger partial charge in [0.2, 0.25) is 5.60 Å². The second-order valence-corrected chi connectivity index (χ2v) is 6.70. The topological polar surface area (TPSA) is 20.2 Å². The van der Waals surface area contributed by atoms with Gasteiger partial charge in [-0.2, -0.15) is 43.9 Å². The molecule has 2 saturated carbocycles. The Bertz CT molecular complexity index is 523. The van der Waals surface area contributed by atoms with E-state index >= 15 is 0 Å². The van der Waals surface area contributed by atoms with Gasteiger partial charge in [0, 0.05) is 5.41 Å². The molecule has 2 aliphatic carbocycles. The standard InChI is InChI=1S/C14H14F10O/c1-2-8-5-7-3-4-9(8,6-7)10(25,11(15,16)13(19,20)21)12(17,18)14(22,23)24/h2,7-8,25H,1,3-6H2. The Morgan fingerprint density at radius 2 is 1.32 bits per heavy atom. The smallest absolute Gasteiger partial charge is 0.377 e. The fourth-order valence-corrected chi connectivity index (χ4v) is 4.46. The molecule has 0 aromatic heterocycles. The van der Waals surface area contributed by atoms with Crippen LogP contribution in [0.15, 0.2) is 12.7 Å². The highest BCUT2D eigenvalue weighted by Gasteiger charge is 2.91. The zero-order valence-electron chi connectivity index (χ0n) is 12.5. The molecule has 1 nitrogen and oxygen atoms in total. The molecule has 0 aromatic rings. The highest BCUT2D eigenvalue weighted by Crippen LogP contribution is 2.72. The van der Waals surface area contributed by atoms with E-state index in [9.17, 15) is 49.0 Å². The summed E-state index contributed by atoms with van der Waals surface area (Å²) in [6, 6.07) is 0. The molecule has 2 fully saturated rings. The van der Waals surface area contributed by atoms with Crippen molar-refractivity contribution in [2.24, 2.45) is 17.3 Å². The molecule has 0 radical (unpaired) electrons. The summed E-state index contributed by atoms with van der Waals surface area (Å²) >= 11 is 0. The average molecular weight is 388 g/mol. The summed E-state index contributed by atoms with van der Waals surface area (Å²) in [6.07, 6.45) is -14.8. The van der Waals surface area contributed by atoms with E-state index in [1.807, 2.05) is 0 Å². The van der Waals surface area contributed by atoms with E-state index in [0.29, 0.717) is 0 Å². The van der Waals surface area contributed by atoms with Crippen molar-refractivity contribution in [3.63, 3.8) is 0 Å². The fourth-order valence-electron chi connectivity index (χ4n) is 4.46. The van der Waals surface area contributed by atoms with Crippen molar-refractivity contribution in [3.05, 3.63) is 12.7 Å². The first-order valence-corrected chi connectivity index (χ1v) is 7.23. The van der Waals surface area contributed by atoms with Crippen LogP contribution in [0.2, 0.25) is 0 Å². The minimum atomic E-state index is -6.81. The molecule has 2 aliphatic rings. The van der Waals surface area contributed by atoms with Crippen LogP contribution in [0.3, 0.4) is 0 Å². The van der Waals surface area contributed by atoms with Crippen LogP contribution in [0.4, 0.5) is 43.9 Å². The maximum Gasteiger partial charge on any atom is 0.456 e. The van der Waals surface area contributed by atoms with Gasteiger partial charge < -0.3 is 5.11 Å². The monoisotopic (exact) mass is 388 g/mol. The Labute approximate surface area is 135 Å². The summed E-state index contributed by atoms with van der Waals surface area (Å²) in [5.41, 5.74) is -8.68. The number of aliphatic hydroxyl groups is 1. The van der Waals surface area contributed by atoms with Crippen molar-refractivity contribution in [1.82, 2.24) is 0 Å². The molecular weight excluding hydrogens is 374 g/mol. The Balaban J connectivity index is 2.81. The van der Waals surface area contributed by atoms with E-state index in [2.05, 4.69) is 6.58 Å². The van der Waals surface area contributed by atoms with E-state index in [4.69, 9.17) is 0 Å². The minimum absolute atomic E-state index is 0.130. The first-order chi connectivity index (χ1) is 11.0. The number of rotatable bonds is 4. The molecule has 0 heterocycles. The lowest BCUT2D eigenvalue weighted by Gasteiger charge is -2.53. The van der Waals surface area contributed by atoms with E-state index < -0.39 is 59.9 Å². The lowest BCUT2D eigenvalue weighted by atomic mass is 9.58. The van der Waals surface area contributed by atoms with Gasteiger partial charge in [0.05, 0.1) is 0 Å². The maximum atomic E-state index is 14.0. The summed E-state index contributed by atoms with van der Waals surface area (Å²) < 4.78 is 133. The lowest BCUT2D eigenvalue weighted by Crippen LogP contribution is -2.77. The highest BCUT2D eigenvalue weighted by atomic mass is 19.4. The Morgan fingerprint density at radius 3 is 1.64 bits per heavy atom. The quantitative estimate of drug-likeness (QED) is 0.525. The molecule has 0 spiro atoms. The Kier molecular flexibility index (Phi) is 4.27.